The van der Waals surface area contributed by atoms with Crippen molar-refractivity contribution in [3.05, 3.63) is 56.0 Å². The molecule has 0 fully saturated rings. The van der Waals surface area contributed by atoms with Crippen LogP contribution in [0.25, 0.3) is 0 Å². The quantitative estimate of drug-likeness (QED) is 0.455. The highest BCUT2D eigenvalue weighted by atomic mass is 79.9. The van der Waals surface area contributed by atoms with Crippen molar-refractivity contribution in [2.24, 2.45) is 0 Å². The highest BCUT2D eigenvalue weighted by Crippen LogP contribution is 2.37. The van der Waals surface area contributed by atoms with Gasteiger partial charge in [-0.05, 0) is 71.6 Å². The molecule has 2 aromatic rings. The van der Waals surface area contributed by atoms with Gasteiger partial charge in [-0.15, -0.1) is 0 Å². The second kappa shape index (κ2) is 10.4. The number of hydrogen-bond donors (Lipinski definition) is 1. The zero-order valence-electron chi connectivity index (χ0n) is 15.2. The summed E-state index contributed by atoms with van der Waals surface area (Å²) in [5.41, 5.74) is 2.08. The molecule has 1 N–H and O–H groups in total. The van der Waals surface area contributed by atoms with Crippen LogP contribution >= 0.6 is 39.1 Å². The smallest absolute Gasteiger partial charge is 0.175 e. The normalized spacial score (nSPS) is 12.1. The minimum absolute atomic E-state index is 0.375. The Balaban J connectivity index is 2.16. The third-order valence-electron chi connectivity index (χ3n) is 4.00. The number of hydrogen-bond acceptors (Lipinski definition) is 3. The maximum Gasteiger partial charge on any atom is 0.175 e. The van der Waals surface area contributed by atoms with Crippen molar-refractivity contribution in [2.75, 3.05) is 6.61 Å². The summed E-state index contributed by atoms with van der Waals surface area (Å²) < 4.78 is 12.7. The average Bonchev–Trinajstić information content (AvgIpc) is 2.62. The Morgan fingerprint density at radius 2 is 1.81 bits per heavy atom. The number of ether oxygens (including phenoxy) is 2. The van der Waals surface area contributed by atoms with Crippen molar-refractivity contribution in [1.29, 1.82) is 0 Å². The summed E-state index contributed by atoms with van der Waals surface area (Å²) >= 11 is 15.6. The molecule has 2 rings (SSSR count). The van der Waals surface area contributed by atoms with E-state index in [0.29, 0.717) is 35.1 Å². The topological polar surface area (TPSA) is 30.5 Å². The molecule has 0 bridgehead atoms. The monoisotopic (exact) mass is 459 g/mol. The highest BCUT2D eigenvalue weighted by molar-refractivity contribution is 9.10. The molecule has 26 heavy (non-hydrogen) atoms. The molecule has 0 spiro atoms. The van der Waals surface area contributed by atoms with Gasteiger partial charge in [0.25, 0.3) is 0 Å². The van der Waals surface area contributed by atoms with E-state index in [1.165, 1.54) is 0 Å². The Bertz CT molecular complexity index is 740. The van der Waals surface area contributed by atoms with Gasteiger partial charge in [-0.3, -0.25) is 0 Å². The summed E-state index contributed by atoms with van der Waals surface area (Å²) in [5, 5.41) is 4.54. The van der Waals surface area contributed by atoms with E-state index in [1.54, 1.807) is 6.07 Å². The van der Waals surface area contributed by atoms with Crippen LogP contribution in [-0.4, -0.2) is 12.6 Å². The Hall–Kier alpha value is -0.940. The average molecular weight is 461 g/mol. The van der Waals surface area contributed by atoms with Crippen LogP contribution in [0.3, 0.4) is 0 Å². The second-order valence-corrected chi connectivity index (χ2v) is 7.73. The molecule has 0 radical (unpaired) electrons. The maximum atomic E-state index is 6.07. The van der Waals surface area contributed by atoms with E-state index in [4.69, 9.17) is 32.7 Å². The lowest BCUT2D eigenvalue weighted by molar-refractivity contribution is 0.267. The predicted octanol–water partition coefficient (Wildman–Crippen LogP) is 6.62. The first-order valence-electron chi connectivity index (χ1n) is 8.69. The van der Waals surface area contributed by atoms with Gasteiger partial charge in [0.15, 0.2) is 11.5 Å². The van der Waals surface area contributed by atoms with Crippen LogP contribution in [0, 0.1) is 0 Å². The molecule has 0 amide bonds. The highest BCUT2D eigenvalue weighted by Gasteiger charge is 2.13. The number of benzene rings is 2. The summed E-state index contributed by atoms with van der Waals surface area (Å²) in [6, 6.07) is 10.0. The first kappa shape index (κ1) is 21.4. The SMILES string of the molecule is CCOc1cc(CNC(C)CC)cc(Br)c1OCc1ccc(Cl)c(Cl)c1. The molecule has 1 unspecified atom stereocenters. The van der Waals surface area contributed by atoms with Crippen molar-refractivity contribution >= 4 is 39.1 Å². The Morgan fingerprint density at radius 1 is 1.04 bits per heavy atom. The third kappa shape index (κ3) is 6.05. The van der Waals surface area contributed by atoms with E-state index in [-0.39, 0.29) is 0 Å². The lowest BCUT2D eigenvalue weighted by Gasteiger charge is -2.17. The van der Waals surface area contributed by atoms with Gasteiger partial charge >= 0.3 is 0 Å². The first-order chi connectivity index (χ1) is 12.4. The van der Waals surface area contributed by atoms with Crippen molar-refractivity contribution in [3.63, 3.8) is 0 Å². The Labute approximate surface area is 174 Å². The Kier molecular flexibility index (Phi) is 8.55. The summed E-state index contributed by atoms with van der Waals surface area (Å²) in [7, 11) is 0. The zero-order chi connectivity index (χ0) is 19.1. The molecule has 0 saturated carbocycles. The van der Waals surface area contributed by atoms with Gasteiger partial charge in [0.1, 0.15) is 6.61 Å². The minimum atomic E-state index is 0.375. The van der Waals surface area contributed by atoms with Crippen LogP contribution in [0.4, 0.5) is 0 Å². The molecule has 6 heteroatoms. The van der Waals surface area contributed by atoms with Crippen molar-refractivity contribution in [3.8, 4) is 11.5 Å². The minimum Gasteiger partial charge on any atom is -0.490 e. The predicted molar refractivity (Wildman–Crippen MR) is 113 cm³/mol. The molecule has 0 heterocycles. The summed E-state index contributed by atoms with van der Waals surface area (Å²) in [6.45, 7) is 8.02. The molecule has 142 valence electrons. The Morgan fingerprint density at radius 3 is 2.46 bits per heavy atom. The fourth-order valence-electron chi connectivity index (χ4n) is 2.35. The standard InChI is InChI=1S/C20H24BrCl2NO2/c1-4-13(3)24-11-15-8-16(21)20(19(10-15)25-5-2)26-12-14-6-7-17(22)18(23)9-14/h6-10,13,24H,4-5,11-12H2,1-3H3. The van der Waals surface area contributed by atoms with E-state index in [0.717, 1.165) is 34.3 Å². The van der Waals surface area contributed by atoms with E-state index in [9.17, 15) is 0 Å². The van der Waals surface area contributed by atoms with E-state index in [1.807, 2.05) is 25.1 Å². The van der Waals surface area contributed by atoms with Crippen LogP contribution in [0.5, 0.6) is 11.5 Å². The largest absolute Gasteiger partial charge is 0.490 e. The van der Waals surface area contributed by atoms with Crippen molar-refractivity contribution < 1.29 is 9.47 Å². The fraction of sp³-hybridized carbons (Fsp3) is 0.400. The summed E-state index contributed by atoms with van der Waals surface area (Å²) in [5.74, 6) is 1.41. The van der Waals surface area contributed by atoms with Crippen LogP contribution in [0.2, 0.25) is 10.0 Å². The molecule has 2 aromatic carbocycles. The van der Waals surface area contributed by atoms with E-state index < -0.39 is 0 Å². The molecule has 3 nitrogen and oxygen atoms in total. The van der Waals surface area contributed by atoms with Gasteiger partial charge in [0.05, 0.1) is 21.1 Å². The second-order valence-electron chi connectivity index (χ2n) is 6.07. The summed E-state index contributed by atoms with van der Waals surface area (Å²) in [6.07, 6.45) is 1.09. The molecule has 0 aliphatic rings. The summed E-state index contributed by atoms with van der Waals surface area (Å²) in [4.78, 5) is 0. The van der Waals surface area contributed by atoms with Gasteiger partial charge in [-0.25, -0.2) is 0 Å². The van der Waals surface area contributed by atoms with Crippen LogP contribution in [0.1, 0.15) is 38.3 Å². The molecule has 0 aromatic heterocycles. The number of nitrogens with one attached hydrogen (secondary N) is 1. The van der Waals surface area contributed by atoms with Gasteiger partial charge in [-0.1, -0.05) is 36.2 Å². The maximum absolute atomic E-state index is 6.07. The van der Waals surface area contributed by atoms with Gasteiger partial charge in [0, 0.05) is 12.6 Å². The molecule has 0 aliphatic carbocycles. The molecule has 0 saturated heterocycles. The van der Waals surface area contributed by atoms with Gasteiger partial charge in [-0.2, -0.15) is 0 Å². The molecular weight excluding hydrogens is 437 g/mol. The fourth-order valence-corrected chi connectivity index (χ4v) is 3.27. The van der Waals surface area contributed by atoms with Gasteiger partial charge in [0.2, 0.25) is 0 Å². The van der Waals surface area contributed by atoms with Crippen LogP contribution < -0.4 is 14.8 Å². The van der Waals surface area contributed by atoms with Gasteiger partial charge < -0.3 is 14.8 Å². The molecular formula is C20H24BrCl2NO2. The van der Waals surface area contributed by atoms with Crippen molar-refractivity contribution in [2.45, 2.75) is 46.4 Å². The number of halogens is 3. The molecule has 1 atom stereocenters. The zero-order valence-corrected chi connectivity index (χ0v) is 18.3. The van der Waals surface area contributed by atoms with Crippen LogP contribution in [-0.2, 0) is 13.2 Å². The molecule has 0 aliphatic heterocycles. The third-order valence-corrected chi connectivity index (χ3v) is 5.33. The van der Waals surface area contributed by atoms with E-state index >= 15 is 0 Å². The van der Waals surface area contributed by atoms with E-state index in [2.05, 4.69) is 41.2 Å². The lowest BCUT2D eigenvalue weighted by Crippen LogP contribution is -2.24. The first-order valence-corrected chi connectivity index (χ1v) is 10.2. The number of rotatable bonds is 9. The van der Waals surface area contributed by atoms with Crippen LogP contribution in [0.15, 0.2) is 34.8 Å². The van der Waals surface area contributed by atoms with Crippen molar-refractivity contribution in [1.82, 2.24) is 5.32 Å². The lowest BCUT2D eigenvalue weighted by atomic mass is 10.1.